The van der Waals surface area contributed by atoms with Gasteiger partial charge in [0, 0.05) is 10.3 Å². The van der Waals surface area contributed by atoms with Crippen LogP contribution >= 0.6 is 22.9 Å². The second-order valence-corrected chi connectivity index (χ2v) is 3.10. The molecule has 1 rings (SSSR count). The van der Waals surface area contributed by atoms with Gasteiger partial charge >= 0.3 is 0 Å². The Labute approximate surface area is 63.8 Å². The second kappa shape index (κ2) is 2.54. The molecule has 48 valence electrons. The van der Waals surface area contributed by atoms with Gasteiger partial charge in [0.25, 0.3) is 0 Å². The third-order valence-corrected chi connectivity index (χ3v) is 2.80. The van der Waals surface area contributed by atoms with E-state index in [-0.39, 0.29) is 0 Å². The molecule has 0 nitrogen and oxygen atoms in total. The van der Waals surface area contributed by atoms with Gasteiger partial charge in [-0.2, -0.15) is 0 Å². The third-order valence-electron chi connectivity index (χ3n) is 1.20. The highest BCUT2D eigenvalue weighted by Crippen LogP contribution is 2.26. The van der Waals surface area contributed by atoms with Crippen molar-refractivity contribution in [1.82, 2.24) is 0 Å². The lowest BCUT2D eigenvalue weighted by molar-refractivity contribution is 1.54. The van der Waals surface area contributed by atoms with Crippen molar-refractivity contribution in [2.75, 3.05) is 0 Å². The fourth-order valence-electron chi connectivity index (χ4n) is 0.611. The van der Waals surface area contributed by atoms with Crippen LogP contribution in [0.25, 0.3) is 6.08 Å². The number of hydrogen-bond acceptors (Lipinski definition) is 1. The Hall–Kier alpha value is -0.270. The molecule has 1 aromatic heterocycles. The summed E-state index contributed by atoms with van der Waals surface area (Å²) in [6, 6.07) is 0. The molecule has 0 radical (unpaired) electrons. The molecular formula is C7H7ClS. The Kier molecular flexibility index (Phi) is 1.94. The molecule has 0 fully saturated rings. The summed E-state index contributed by atoms with van der Waals surface area (Å²) in [5.74, 6) is 0. The SMILES string of the molecule is C=Cc1scc(Cl)c1C. The molecule has 0 saturated heterocycles. The van der Waals surface area contributed by atoms with E-state index in [4.69, 9.17) is 11.6 Å². The minimum Gasteiger partial charge on any atom is -0.143 e. The first-order chi connectivity index (χ1) is 4.25. The molecule has 1 heterocycles. The molecule has 0 aliphatic heterocycles. The number of thiophene rings is 1. The predicted molar refractivity (Wildman–Crippen MR) is 44.2 cm³/mol. The van der Waals surface area contributed by atoms with Gasteiger partial charge in [-0.15, -0.1) is 11.3 Å². The van der Waals surface area contributed by atoms with Gasteiger partial charge in [0.05, 0.1) is 5.02 Å². The number of rotatable bonds is 1. The molecule has 1 aromatic rings. The topological polar surface area (TPSA) is 0 Å². The van der Waals surface area contributed by atoms with Crippen LogP contribution in [0, 0.1) is 6.92 Å². The maximum atomic E-state index is 5.77. The first-order valence-corrected chi connectivity index (χ1v) is 3.87. The van der Waals surface area contributed by atoms with Crippen LogP contribution in [0.2, 0.25) is 5.02 Å². The van der Waals surface area contributed by atoms with Crippen LogP contribution in [-0.4, -0.2) is 0 Å². The van der Waals surface area contributed by atoms with Gasteiger partial charge in [0.2, 0.25) is 0 Å². The quantitative estimate of drug-likeness (QED) is 0.588. The lowest BCUT2D eigenvalue weighted by atomic mass is 10.3. The molecule has 0 saturated carbocycles. The average molecular weight is 159 g/mol. The van der Waals surface area contributed by atoms with E-state index in [0.717, 1.165) is 10.6 Å². The van der Waals surface area contributed by atoms with E-state index >= 15 is 0 Å². The highest BCUT2D eigenvalue weighted by Gasteiger charge is 1.99. The molecule has 0 bridgehead atoms. The molecule has 0 aliphatic rings. The minimum atomic E-state index is 0.843. The molecule has 2 heteroatoms. The summed E-state index contributed by atoms with van der Waals surface area (Å²) >= 11 is 7.40. The summed E-state index contributed by atoms with van der Waals surface area (Å²) in [5.41, 5.74) is 1.14. The van der Waals surface area contributed by atoms with Crippen LogP contribution in [-0.2, 0) is 0 Å². The molecule has 0 unspecified atom stereocenters. The van der Waals surface area contributed by atoms with E-state index in [1.165, 1.54) is 4.88 Å². The van der Waals surface area contributed by atoms with Gasteiger partial charge < -0.3 is 0 Å². The summed E-state index contributed by atoms with van der Waals surface area (Å²) in [6.45, 7) is 5.65. The van der Waals surface area contributed by atoms with Crippen molar-refractivity contribution >= 4 is 29.0 Å². The largest absolute Gasteiger partial charge is 0.143 e. The van der Waals surface area contributed by atoms with Crippen molar-refractivity contribution in [3.8, 4) is 0 Å². The molecule has 0 aromatic carbocycles. The average Bonchev–Trinajstić information content (AvgIpc) is 2.15. The van der Waals surface area contributed by atoms with Gasteiger partial charge in [0.15, 0.2) is 0 Å². The van der Waals surface area contributed by atoms with Crippen molar-refractivity contribution in [2.45, 2.75) is 6.92 Å². The maximum Gasteiger partial charge on any atom is 0.0548 e. The Bertz CT molecular complexity index is 225. The van der Waals surface area contributed by atoms with E-state index in [0.29, 0.717) is 0 Å². The normalized spacial score (nSPS) is 9.56. The summed E-state index contributed by atoms with van der Waals surface area (Å²) in [6.07, 6.45) is 1.83. The summed E-state index contributed by atoms with van der Waals surface area (Å²) in [7, 11) is 0. The fraction of sp³-hybridized carbons (Fsp3) is 0.143. The van der Waals surface area contributed by atoms with E-state index in [1.807, 2.05) is 18.4 Å². The Morgan fingerprint density at radius 1 is 1.78 bits per heavy atom. The smallest absolute Gasteiger partial charge is 0.0548 e. The van der Waals surface area contributed by atoms with Crippen LogP contribution < -0.4 is 0 Å². The molecule has 9 heavy (non-hydrogen) atoms. The van der Waals surface area contributed by atoms with Crippen LogP contribution in [0.15, 0.2) is 12.0 Å². The van der Waals surface area contributed by atoms with E-state index in [1.54, 1.807) is 11.3 Å². The Morgan fingerprint density at radius 2 is 2.44 bits per heavy atom. The first kappa shape index (κ1) is 6.84. The monoisotopic (exact) mass is 158 g/mol. The highest BCUT2D eigenvalue weighted by molar-refractivity contribution is 7.11. The molecule has 0 aliphatic carbocycles. The Morgan fingerprint density at radius 3 is 2.67 bits per heavy atom. The van der Waals surface area contributed by atoms with Crippen LogP contribution in [0.5, 0.6) is 0 Å². The molecule has 0 spiro atoms. The van der Waals surface area contributed by atoms with Crippen molar-refractivity contribution in [1.29, 1.82) is 0 Å². The first-order valence-electron chi connectivity index (χ1n) is 2.61. The molecule has 0 atom stereocenters. The van der Waals surface area contributed by atoms with Gasteiger partial charge in [0.1, 0.15) is 0 Å². The zero-order valence-electron chi connectivity index (χ0n) is 5.15. The van der Waals surface area contributed by atoms with Crippen LogP contribution in [0.3, 0.4) is 0 Å². The zero-order valence-corrected chi connectivity index (χ0v) is 6.72. The van der Waals surface area contributed by atoms with Crippen molar-refractivity contribution in [3.63, 3.8) is 0 Å². The van der Waals surface area contributed by atoms with Gasteiger partial charge in [-0.25, -0.2) is 0 Å². The van der Waals surface area contributed by atoms with E-state index in [2.05, 4.69) is 6.58 Å². The summed E-state index contributed by atoms with van der Waals surface area (Å²) < 4.78 is 0. The van der Waals surface area contributed by atoms with Crippen molar-refractivity contribution in [3.05, 3.63) is 27.4 Å². The van der Waals surface area contributed by atoms with E-state index < -0.39 is 0 Å². The fourth-order valence-corrected chi connectivity index (χ4v) is 1.69. The third kappa shape index (κ3) is 1.17. The lowest BCUT2D eigenvalue weighted by Crippen LogP contribution is -1.66. The zero-order chi connectivity index (χ0) is 6.85. The lowest BCUT2D eigenvalue weighted by Gasteiger charge is -1.86. The van der Waals surface area contributed by atoms with E-state index in [9.17, 15) is 0 Å². The second-order valence-electron chi connectivity index (χ2n) is 1.78. The minimum absolute atomic E-state index is 0.843. The standard InChI is InChI=1S/C7H7ClS/c1-3-7-5(2)6(8)4-9-7/h3-4H,1H2,2H3. The number of halogens is 1. The van der Waals surface area contributed by atoms with Crippen LogP contribution in [0.4, 0.5) is 0 Å². The number of hydrogen-bond donors (Lipinski definition) is 0. The molecule has 0 N–H and O–H groups in total. The molecular weight excluding hydrogens is 152 g/mol. The Balaban J connectivity index is 3.18. The summed E-state index contributed by atoms with van der Waals surface area (Å²) in [5, 5.41) is 2.77. The maximum absolute atomic E-state index is 5.77. The van der Waals surface area contributed by atoms with Crippen LogP contribution in [0.1, 0.15) is 10.4 Å². The van der Waals surface area contributed by atoms with Gasteiger partial charge in [-0.05, 0) is 12.5 Å². The van der Waals surface area contributed by atoms with Crippen molar-refractivity contribution in [2.24, 2.45) is 0 Å². The van der Waals surface area contributed by atoms with Crippen molar-refractivity contribution < 1.29 is 0 Å². The molecule has 0 amide bonds. The highest BCUT2D eigenvalue weighted by atomic mass is 35.5. The van der Waals surface area contributed by atoms with Gasteiger partial charge in [-0.1, -0.05) is 24.3 Å². The van der Waals surface area contributed by atoms with Gasteiger partial charge in [-0.3, -0.25) is 0 Å². The summed E-state index contributed by atoms with van der Waals surface area (Å²) in [4.78, 5) is 1.17. The predicted octanol–water partition coefficient (Wildman–Crippen LogP) is 3.35.